The highest BCUT2D eigenvalue weighted by atomic mass is 32.2. The third-order valence-corrected chi connectivity index (χ3v) is 6.64. The number of rotatable bonds is 6. The summed E-state index contributed by atoms with van der Waals surface area (Å²) in [5.41, 5.74) is 0.618. The molecule has 9 heteroatoms. The Bertz CT molecular complexity index is 919. The number of nitrogens with zero attached hydrogens (tertiary/aromatic N) is 5. The van der Waals surface area contributed by atoms with E-state index in [1.165, 1.54) is 11.0 Å². The van der Waals surface area contributed by atoms with Crippen molar-refractivity contribution in [2.24, 2.45) is 0 Å². The Morgan fingerprint density at radius 1 is 1.25 bits per heavy atom. The Kier molecular flexibility index (Phi) is 3.91. The predicted octanol–water partition coefficient (Wildman–Crippen LogP) is 2.08. The van der Waals surface area contributed by atoms with Gasteiger partial charge in [-0.3, -0.25) is 0 Å². The zero-order valence-corrected chi connectivity index (χ0v) is 14.3. The SMILES string of the molecule is O=S(=O)(c1cccc(-n2cnnn2)c1)N(Cc1cccs1)C1CC1. The average molecular weight is 361 g/mol. The van der Waals surface area contributed by atoms with Gasteiger partial charge < -0.3 is 0 Å². The van der Waals surface area contributed by atoms with E-state index in [2.05, 4.69) is 15.5 Å². The van der Waals surface area contributed by atoms with E-state index in [4.69, 9.17) is 0 Å². The van der Waals surface area contributed by atoms with Gasteiger partial charge in [0.1, 0.15) is 6.33 Å². The van der Waals surface area contributed by atoms with Crippen LogP contribution in [0.2, 0.25) is 0 Å². The maximum absolute atomic E-state index is 13.1. The molecule has 2 aromatic heterocycles. The van der Waals surface area contributed by atoms with Crippen molar-refractivity contribution in [2.75, 3.05) is 0 Å². The van der Waals surface area contributed by atoms with E-state index in [1.807, 2.05) is 17.5 Å². The molecular formula is C15H15N5O2S2. The molecule has 2 heterocycles. The highest BCUT2D eigenvalue weighted by Gasteiger charge is 2.38. The molecule has 0 N–H and O–H groups in total. The molecule has 0 spiro atoms. The summed E-state index contributed by atoms with van der Waals surface area (Å²) in [7, 11) is -3.57. The van der Waals surface area contributed by atoms with Gasteiger partial charge >= 0.3 is 0 Å². The molecule has 0 bridgehead atoms. The van der Waals surface area contributed by atoms with Crippen LogP contribution in [0.25, 0.3) is 5.69 Å². The van der Waals surface area contributed by atoms with Crippen molar-refractivity contribution in [2.45, 2.75) is 30.3 Å². The summed E-state index contributed by atoms with van der Waals surface area (Å²) in [6.07, 6.45) is 3.27. The van der Waals surface area contributed by atoms with Gasteiger partial charge in [0.2, 0.25) is 10.0 Å². The van der Waals surface area contributed by atoms with E-state index in [0.29, 0.717) is 12.2 Å². The van der Waals surface area contributed by atoms with Crippen LogP contribution in [0, 0.1) is 0 Å². The number of thiophene rings is 1. The molecular weight excluding hydrogens is 346 g/mol. The molecule has 4 rings (SSSR count). The van der Waals surface area contributed by atoms with Gasteiger partial charge in [-0.05, 0) is 52.9 Å². The molecule has 1 aliphatic carbocycles. The van der Waals surface area contributed by atoms with Gasteiger partial charge in [-0.1, -0.05) is 12.1 Å². The van der Waals surface area contributed by atoms with Crippen LogP contribution in [0.3, 0.4) is 0 Å². The summed E-state index contributed by atoms with van der Waals surface area (Å²) in [4.78, 5) is 1.31. The van der Waals surface area contributed by atoms with Gasteiger partial charge in [0.05, 0.1) is 10.6 Å². The monoisotopic (exact) mass is 361 g/mol. The molecule has 0 saturated heterocycles. The Hall–Kier alpha value is -2.10. The largest absolute Gasteiger partial charge is 0.243 e. The molecule has 0 amide bonds. The second-order valence-electron chi connectivity index (χ2n) is 5.61. The first-order chi connectivity index (χ1) is 11.6. The lowest BCUT2D eigenvalue weighted by molar-refractivity contribution is 0.401. The van der Waals surface area contributed by atoms with E-state index >= 15 is 0 Å². The van der Waals surface area contributed by atoms with E-state index in [9.17, 15) is 8.42 Å². The Morgan fingerprint density at radius 3 is 2.79 bits per heavy atom. The number of tetrazole rings is 1. The lowest BCUT2D eigenvalue weighted by atomic mass is 10.3. The Balaban J connectivity index is 1.69. The van der Waals surface area contributed by atoms with Crippen LogP contribution in [0.1, 0.15) is 17.7 Å². The maximum Gasteiger partial charge on any atom is 0.243 e. The van der Waals surface area contributed by atoms with E-state index in [1.54, 1.807) is 39.9 Å². The lowest BCUT2D eigenvalue weighted by Gasteiger charge is -2.21. The van der Waals surface area contributed by atoms with Crippen molar-refractivity contribution in [3.63, 3.8) is 0 Å². The summed E-state index contributed by atoms with van der Waals surface area (Å²) in [5.74, 6) is 0. The minimum absolute atomic E-state index is 0.0915. The fourth-order valence-corrected chi connectivity index (χ4v) is 5.02. The Morgan fingerprint density at radius 2 is 2.12 bits per heavy atom. The molecule has 3 aromatic rings. The summed E-state index contributed by atoms with van der Waals surface area (Å²) in [5, 5.41) is 13.0. The van der Waals surface area contributed by atoms with Crippen molar-refractivity contribution in [1.29, 1.82) is 0 Å². The first-order valence-electron chi connectivity index (χ1n) is 7.52. The van der Waals surface area contributed by atoms with Crippen LogP contribution in [0.5, 0.6) is 0 Å². The minimum atomic E-state index is -3.57. The highest BCUT2D eigenvalue weighted by Crippen LogP contribution is 2.34. The highest BCUT2D eigenvalue weighted by molar-refractivity contribution is 7.89. The zero-order valence-electron chi connectivity index (χ0n) is 12.7. The molecule has 124 valence electrons. The Labute approximate surface area is 143 Å². The summed E-state index contributed by atoms with van der Waals surface area (Å²) < 4.78 is 29.3. The quantitative estimate of drug-likeness (QED) is 0.671. The van der Waals surface area contributed by atoms with Crippen LogP contribution in [-0.2, 0) is 16.6 Å². The molecule has 24 heavy (non-hydrogen) atoms. The van der Waals surface area contributed by atoms with Crippen LogP contribution in [0.15, 0.2) is 53.0 Å². The molecule has 1 aliphatic rings. The van der Waals surface area contributed by atoms with Crippen molar-refractivity contribution in [3.05, 3.63) is 53.0 Å². The molecule has 7 nitrogen and oxygen atoms in total. The van der Waals surface area contributed by atoms with Gasteiger partial charge in [-0.2, -0.15) is 4.31 Å². The van der Waals surface area contributed by atoms with Crippen LogP contribution >= 0.6 is 11.3 Å². The van der Waals surface area contributed by atoms with Crippen LogP contribution in [-0.4, -0.2) is 39.0 Å². The predicted molar refractivity (Wildman–Crippen MR) is 89.2 cm³/mol. The van der Waals surface area contributed by atoms with Crippen molar-refractivity contribution >= 4 is 21.4 Å². The molecule has 0 unspecified atom stereocenters. The number of aromatic nitrogens is 4. The molecule has 0 aliphatic heterocycles. The van der Waals surface area contributed by atoms with Crippen LogP contribution < -0.4 is 0 Å². The fourth-order valence-electron chi connectivity index (χ4n) is 2.53. The van der Waals surface area contributed by atoms with Crippen molar-refractivity contribution in [3.8, 4) is 5.69 Å². The number of hydrogen-bond acceptors (Lipinski definition) is 6. The molecule has 0 atom stereocenters. The lowest BCUT2D eigenvalue weighted by Crippen LogP contribution is -2.32. The van der Waals surface area contributed by atoms with E-state index < -0.39 is 10.0 Å². The second-order valence-corrected chi connectivity index (χ2v) is 8.54. The third-order valence-electron chi connectivity index (χ3n) is 3.88. The first-order valence-corrected chi connectivity index (χ1v) is 9.84. The molecule has 1 saturated carbocycles. The standard InChI is InChI=1S/C15H15N5O2S2/c21-24(22,20(12-6-7-12)10-14-4-2-8-23-14)15-5-1-3-13(9-15)19-11-16-17-18-19/h1-5,8-9,11-12H,6-7,10H2. The fraction of sp³-hybridized carbons (Fsp3) is 0.267. The molecule has 0 radical (unpaired) electrons. The smallest absolute Gasteiger partial charge is 0.207 e. The van der Waals surface area contributed by atoms with Gasteiger partial charge in [-0.15, -0.1) is 16.4 Å². The van der Waals surface area contributed by atoms with Gasteiger partial charge in [0.15, 0.2) is 0 Å². The summed E-state index contributed by atoms with van der Waals surface area (Å²) in [6.45, 7) is 0.416. The summed E-state index contributed by atoms with van der Waals surface area (Å²) >= 11 is 1.57. The molecule has 1 fully saturated rings. The number of sulfonamides is 1. The average Bonchev–Trinajstić information content (AvgIpc) is 3.06. The van der Waals surface area contributed by atoms with Crippen LogP contribution in [0.4, 0.5) is 0 Å². The number of hydrogen-bond donors (Lipinski definition) is 0. The third kappa shape index (κ3) is 2.97. The normalized spacial score (nSPS) is 15.0. The second kappa shape index (κ2) is 6.08. The molecule has 1 aromatic carbocycles. The van der Waals surface area contributed by atoms with Gasteiger partial charge in [0.25, 0.3) is 0 Å². The minimum Gasteiger partial charge on any atom is -0.207 e. The van der Waals surface area contributed by atoms with E-state index in [-0.39, 0.29) is 10.9 Å². The van der Waals surface area contributed by atoms with Crippen molar-refractivity contribution < 1.29 is 8.42 Å². The van der Waals surface area contributed by atoms with Gasteiger partial charge in [-0.25, -0.2) is 13.1 Å². The van der Waals surface area contributed by atoms with Crippen molar-refractivity contribution in [1.82, 2.24) is 24.5 Å². The maximum atomic E-state index is 13.1. The first kappa shape index (κ1) is 15.4. The van der Waals surface area contributed by atoms with Gasteiger partial charge in [0, 0.05) is 17.5 Å². The zero-order chi connectivity index (χ0) is 16.6. The topological polar surface area (TPSA) is 81.0 Å². The number of benzene rings is 1. The van der Waals surface area contributed by atoms with E-state index in [0.717, 1.165) is 17.7 Å². The summed E-state index contributed by atoms with van der Waals surface area (Å²) in [6, 6.07) is 10.7.